The Hall–Kier alpha value is -2.86. The molecule has 0 spiro atoms. The Labute approximate surface area is 136 Å². The zero-order valence-corrected chi connectivity index (χ0v) is 12.8. The van der Waals surface area contributed by atoms with Crippen molar-refractivity contribution in [3.63, 3.8) is 0 Å². The van der Waals surface area contributed by atoms with E-state index in [4.69, 9.17) is 4.74 Å². The summed E-state index contributed by atoms with van der Waals surface area (Å²) in [6.07, 6.45) is 5.19. The lowest BCUT2D eigenvalue weighted by molar-refractivity contribution is -0.392. The number of H-pyrrole nitrogens is 1. The van der Waals surface area contributed by atoms with Crippen LogP contribution in [-0.2, 0) is 11.3 Å². The number of nitrogens with one attached hydrogen (secondary N) is 1. The van der Waals surface area contributed by atoms with Crippen LogP contribution >= 0.6 is 0 Å². The van der Waals surface area contributed by atoms with E-state index in [0.29, 0.717) is 6.54 Å². The summed E-state index contributed by atoms with van der Waals surface area (Å²) in [5.41, 5.74) is 0. The van der Waals surface area contributed by atoms with Crippen LogP contribution in [0.4, 0.5) is 11.6 Å². The average molecular weight is 339 g/mol. The summed E-state index contributed by atoms with van der Waals surface area (Å²) in [5, 5.41) is 20.4. The molecule has 130 valence electrons. The number of hydrogen-bond acceptors (Lipinski definition) is 8. The van der Waals surface area contributed by atoms with E-state index in [2.05, 4.69) is 19.9 Å². The van der Waals surface area contributed by atoms with Gasteiger partial charge in [0.25, 0.3) is 0 Å². The van der Waals surface area contributed by atoms with Crippen LogP contribution in [0.25, 0.3) is 0 Å². The number of hydrogen-bond donors (Lipinski definition) is 1. The Morgan fingerprint density at radius 3 is 2.42 bits per heavy atom. The summed E-state index contributed by atoms with van der Waals surface area (Å²) in [4.78, 5) is 31.3. The van der Waals surface area contributed by atoms with Crippen LogP contribution in [-0.4, -0.2) is 67.1 Å². The highest BCUT2D eigenvalue weighted by Gasteiger charge is 2.15. The summed E-state index contributed by atoms with van der Waals surface area (Å²) in [7, 11) is 0. The van der Waals surface area contributed by atoms with Gasteiger partial charge >= 0.3 is 11.6 Å². The maximum absolute atomic E-state index is 10.6. The molecular formula is C12H17N7O5. The number of ether oxygens (including phenoxy) is 1. The van der Waals surface area contributed by atoms with Crippen LogP contribution in [0.5, 0.6) is 0 Å². The maximum atomic E-state index is 10.6. The fourth-order valence-electron chi connectivity index (χ4n) is 2.06. The van der Waals surface area contributed by atoms with Gasteiger partial charge in [0.1, 0.15) is 18.9 Å². The standard InChI is InChI=1S/C9H14N4O3.C3H3N3O2/c14-13(15)9-7-10-8-12(9)2-1-11-3-5-16-6-4-11;7-6(8)3-1-4-2-5-3/h7-8H,1-6H2;1-2H,(H,4,5). The molecule has 0 bridgehead atoms. The van der Waals surface area contributed by atoms with Gasteiger partial charge in [0.2, 0.25) is 0 Å². The lowest BCUT2D eigenvalue weighted by atomic mass is 10.4. The van der Waals surface area contributed by atoms with E-state index in [1.165, 1.54) is 18.9 Å². The molecule has 0 amide bonds. The van der Waals surface area contributed by atoms with Crippen LogP contribution in [0.3, 0.4) is 0 Å². The van der Waals surface area contributed by atoms with E-state index in [-0.39, 0.29) is 11.6 Å². The van der Waals surface area contributed by atoms with E-state index in [1.807, 2.05) is 0 Å². The van der Waals surface area contributed by atoms with Crippen molar-refractivity contribution in [2.75, 3.05) is 32.8 Å². The van der Waals surface area contributed by atoms with Gasteiger partial charge in [-0.2, -0.15) is 0 Å². The van der Waals surface area contributed by atoms with Crippen molar-refractivity contribution in [1.82, 2.24) is 24.4 Å². The molecule has 12 heteroatoms. The van der Waals surface area contributed by atoms with Gasteiger partial charge in [0.05, 0.1) is 13.2 Å². The number of nitrogens with zero attached hydrogens (tertiary/aromatic N) is 6. The molecule has 24 heavy (non-hydrogen) atoms. The van der Waals surface area contributed by atoms with E-state index in [9.17, 15) is 20.2 Å². The van der Waals surface area contributed by atoms with E-state index < -0.39 is 9.85 Å². The highest BCUT2D eigenvalue weighted by Crippen LogP contribution is 2.09. The predicted octanol–water partition coefficient (Wildman–Crippen LogP) is 0.441. The second-order valence-corrected chi connectivity index (χ2v) is 4.85. The number of aromatic nitrogens is 4. The quantitative estimate of drug-likeness (QED) is 0.610. The number of rotatable bonds is 5. The first-order valence-electron chi connectivity index (χ1n) is 7.15. The van der Waals surface area contributed by atoms with E-state index in [1.54, 1.807) is 4.57 Å². The molecule has 0 aliphatic carbocycles. The van der Waals surface area contributed by atoms with Gasteiger partial charge in [0.15, 0.2) is 12.7 Å². The summed E-state index contributed by atoms with van der Waals surface area (Å²) in [6, 6.07) is 0. The molecule has 0 unspecified atom stereocenters. The molecule has 0 atom stereocenters. The molecule has 1 aliphatic rings. The van der Waals surface area contributed by atoms with Gasteiger partial charge in [-0.3, -0.25) is 4.90 Å². The molecule has 0 radical (unpaired) electrons. The van der Waals surface area contributed by atoms with Crippen molar-refractivity contribution in [2.24, 2.45) is 0 Å². The minimum Gasteiger partial charge on any atom is -0.379 e. The lowest BCUT2D eigenvalue weighted by Gasteiger charge is -2.25. The van der Waals surface area contributed by atoms with Crippen LogP contribution < -0.4 is 0 Å². The lowest BCUT2D eigenvalue weighted by Crippen LogP contribution is -2.38. The van der Waals surface area contributed by atoms with Crippen LogP contribution in [0, 0.1) is 20.2 Å². The third kappa shape index (κ3) is 5.10. The Kier molecular flexibility index (Phi) is 6.33. The number of imidazole rings is 2. The summed E-state index contributed by atoms with van der Waals surface area (Å²) < 4.78 is 6.79. The third-order valence-electron chi connectivity index (χ3n) is 3.32. The zero-order chi connectivity index (χ0) is 17.4. The fraction of sp³-hybridized carbons (Fsp3) is 0.500. The first-order valence-corrected chi connectivity index (χ1v) is 7.15. The number of nitro groups is 2. The van der Waals surface area contributed by atoms with Crippen molar-refractivity contribution < 1.29 is 14.6 Å². The minimum atomic E-state index is -0.535. The van der Waals surface area contributed by atoms with Gasteiger partial charge in [0, 0.05) is 19.6 Å². The summed E-state index contributed by atoms with van der Waals surface area (Å²) in [6.45, 7) is 4.65. The summed E-state index contributed by atoms with van der Waals surface area (Å²) >= 11 is 0. The molecule has 2 aromatic heterocycles. The highest BCUT2D eigenvalue weighted by molar-refractivity contribution is 5.14. The Morgan fingerprint density at radius 2 is 1.88 bits per heavy atom. The second kappa shape index (κ2) is 8.69. The Morgan fingerprint density at radius 1 is 1.12 bits per heavy atom. The SMILES string of the molecule is O=[N+]([O-])c1cnc[nH]1.O=[N+]([O-])c1cncn1CCN1CCOCC1. The molecule has 0 aromatic carbocycles. The smallest absolute Gasteiger partial charge is 0.342 e. The minimum absolute atomic E-state index is 0.0493. The molecule has 1 N–H and O–H groups in total. The van der Waals surface area contributed by atoms with Gasteiger partial charge in [-0.1, -0.05) is 0 Å². The normalized spacial score (nSPS) is 14.7. The molecule has 3 rings (SSSR count). The molecule has 2 aromatic rings. The zero-order valence-electron chi connectivity index (χ0n) is 12.8. The van der Waals surface area contributed by atoms with Crippen molar-refractivity contribution in [1.29, 1.82) is 0 Å². The van der Waals surface area contributed by atoms with Crippen molar-refractivity contribution >= 4 is 11.6 Å². The van der Waals surface area contributed by atoms with Gasteiger partial charge < -0.3 is 25.0 Å². The van der Waals surface area contributed by atoms with Crippen LogP contribution in [0.1, 0.15) is 0 Å². The van der Waals surface area contributed by atoms with E-state index in [0.717, 1.165) is 39.0 Å². The maximum Gasteiger partial charge on any atom is 0.342 e. The van der Waals surface area contributed by atoms with Crippen molar-refractivity contribution in [2.45, 2.75) is 6.54 Å². The first kappa shape index (κ1) is 17.5. The van der Waals surface area contributed by atoms with Gasteiger partial charge in [-0.15, -0.1) is 0 Å². The van der Waals surface area contributed by atoms with E-state index >= 15 is 0 Å². The molecule has 3 heterocycles. The highest BCUT2D eigenvalue weighted by atomic mass is 16.6. The van der Waals surface area contributed by atoms with Gasteiger partial charge in [-0.25, -0.2) is 19.5 Å². The monoisotopic (exact) mass is 339 g/mol. The first-order chi connectivity index (χ1) is 11.6. The molecule has 0 saturated carbocycles. The average Bonchev–Trinajstić information content (AvgIpc) is 3.26. The molecular weight excluding hydrogens is 322 g/mol. The molecule has 1 fully saturated rings. The topological polar surface area (TPSA) is 145 Å². The molecule has 1 saturated heterocycles. The Bertz CT molecular complexity index is 651. The van der Waals surface area contributed by atoms with Crippen molar-refractivity contribution in [3.05, 3.63) is 45.3 Å². The largest absolute Gasteiger partial charge is 0.379 e. The second-order valence-electron chi connectivity index (χ2n) is 4.85. The number of morpholine rings is 1. The molecule has 1 aliphatic heterocycles. The van der Waals surface area contributed by atoms with Gasteiger partial charge in [-0.05, 0) is 9.85 Å². The van der Waals surface area contributed by atoms with Crippen LogP contribution in [0.2, 0.25) is 0 Å². The van der Waals surface area contributed by atoms with Crippen LogP contribution in [0.15, 0.2) is 25.0 Å². The fourth-order valence-corrected chi connectivity index (χ4v) is 2.06. The number of aromatic amines is 1. The third-order valence-corrected chi connectivity index (χ3v) is 3.32. The predicted molar refractivity (Wildman–Crippen MR) is 81.4 cm³/mol. The van der Waals surface area contributed by atoms with Crippen molar-refractivity contribution in [3.8, 4) is 0 Å². The molecule has 12 nitrogen and oxygen atoms in total. The Balaban J connectivity index is 0.000000219. The summed E-state index contributed by atoms with van der Waals surface area (Å²) in [5.74, 6) is -0.0294.